The van der Waals surface area contributed by atoms with Crippen LogP contribution in [0.5, 0.6) is 11.5 Å². The van der Waals surface area contributed by atoms with Crippen LogP contribution in [0.3, 0.4) is 0 Å². The van der Waals surface area contributed by atoms with Crippen LogP contribution in [-0.2, 0) is 4.79 Å². The van der Waals surface area contributed by atoms with Gasteiger partial charge in [0.1, 0.15) is 0 Å². The number of unbranched alkanes of at least 4 members (excludes halogenated alkanes) is 1. The lowest BCUT2D eigenvalue weighted by molar-refractivity contribution is -0.123. The van der Waals surface area contributed by atoms with E-state index in [2.05, 4.69) is 5.32 Å². The number of aldehydes is 1. The lowest BCUT2D eigenvalue weighted by Gasteiger charge is -2.13. The van der Waals surface area contributed by atoms with Gasteiger partial charge in [-0.1, -0.05) is 24.9 Å². The highest BCUT2D eigenvalue weighted by Gasteiger charge is 2.14. The lowest BCUT2D eigenvalue weighted by Crippen LogP contribution is -2.29. The molecule has 0 fully saturated rings. The minimum atomic E-state index is -0.243. The van der Waals surface area contributed by atoms with Crippen molar-refractivity contribution in [3.05, 3.63) is 22.7 Å². The first-order valence-electron chi connectivity index (χ1n) is 6.34. The third-order valence-corrected chi connectivity index (χ3v) is 2.81. The van der Waals surface area contributed by atoms with Crippen LogP contribution < -0.4 is 14.8 Å². The summed E-state index contributed by atoms with van der Waals surface area (Å²) in [5.74, 6) is 0.297. The second-order valence-electron chi connectivity index (χ2n) is 4.14. The molecule has 1 aromatic carbocycles. The van der Waals surface area contributed by atoms with Crippen molar-refractivity contribution < 1.29 is 19.1 Å². The first-order chi connectivity index (χ1) is 9.62. The third kappa shape index (κ3) is 4.74. The smallest absolute Gasteiger partial charge is 0.257 e. The molecule has 0 radical (unpaired) electrons. The summed E-state index contributed by atoms with van der Waals surface area (Å²) in [6.07, 6.45) is 2.52. The first kappa shape index (κ1) is 16.3. The van der Waals surface area contributed by atoms with Crippen molar-refractivity contribution in [3.63, 3.8) is 0 Å². The predicted octanol–water partition coefficient (Wildman–Crippen LogP) is 2.46. The molecule has 6 heteroatoms. The number of rotatable bonds is 8. The van der Waals surface area contributed by atoms with E-state index in [-0.39, 0.29) is 23.8 Å². The Morgan fingerprint density at radius 1 is 1.45 bits per heavy atom. The molecule has 0 aliphatic carbocycles. The van der Waals surface area contributed by atoms with Crippen LogP contribution in [0.4, 0.5) is 0 Å². The van der Waals surface area contributed by atoms with Gasteiger partial charge in [-0.25, -0.2) is 0 Å². The largest absolute Gasteiger partial charge is 0.493 e. The highest BCUT2D eigenvalue weighted by molar-refractivity contribution is 6.31. The number of methoxy groups -OCH3 is 1. The molecule has 1 rings (SSSR count). The zero-order chi connectivity index (χ0) is 15.0. The quantitative estimate of drug-likeness (QED) is 0.591. The lowest BCUT2D eigenvalue weighted by atomic mass is 10.2. The standard InChI is InChI=1S/C14H18ClNO4/c1-3-4-5-16-13(18)9-20-14-10(8-17)6-11(15)7-12(14)19-2/h6-8H,3-5,9H2,1-2H3,(H,16,18). The predicted molar refractivity (Wildman–Crippen MR) is 76.8 cm³/mol. The van der Waals surface area contributed by atoms with Crippen LogP contribution in [0.15, 0.2) is 12.1 Å². The number of hydrogen-bond acceptors (Lipinski definition) is 4. The van der Waals surface area contributed by atoms with Crippen LogP contribution in [0.2, 0.25) is 5.02 Å². The van der Waals surface area contributed by atoms with E-state index in [9.17, 15) is 9.59 Å². The van der Waals surface area contributed by atoms with E-state index in [1.54, 1.807) is 0 Å². The van der Waals surface area contributed by atoms with Crippen molar-refractivity contribution in [3.8, 4) is 11.5 Å². The second kappa shape index (κ2) is 8.43. The third-order valence-electron chi connectivity index (χ3n) is 2.60. The molecular formula is C14H18ClNO4. The number of hydrogen-bond donors (Lipinski definition) is 1. The average Bonchev–Trinajstić information content (AvgIpc) is 2.45. The molecule has 0 aliphatic heterocycles. The van der Waals surface area contributed by atoms with Crippen molar-refractivity contribution in [1.29, 1.82) is 0 Å². The topological polar surface area (TPSA) is 64.6 Å². The summed E-state index contributed by atoms with van der Waals surface area (Å²) in [5.41, 5.74) is 0.246. The monoisotopic (exact) mass is 299 g/mol. The van der Waals surface area contributed by atoms with Crippen molar-refractivity contribution >= 4 is 23.8 Å². The number of nitrogens with one attached hydrogen (secondary N) is 1. The average molecular weight is 300 g/mol. The summed E-state index contributed by atoms with van der Waals surface area (Å²) in [6.45, 7) is 2.47. The summed E-state index contributed by atoms with van der Waals surface area (Å²) >= 11 is 5.85. The number of halogens is 1. The van der Waals surface area contributed by atoms with Crippen LogP contribution in [0, 0.1) is 0 Å². The number of amides is 1. The van der Waals surface area contributed by atoms with E-state index in [1.165, 1.54) is 19.2 Å². The zero-order valence-electron chi connectivity index (χ0n) is 11.6. The van der Waals surface area contributed by atoms with Gasteiger partial charge in [0, 0.05) is 17.6 Å². The summed E-state index contributed by atoms with van der Waals surface area (Å²) in [7, 11) is 1.44. The van der Waals surface area contributed by atoms with Gasteiger partial charge in [-0.15, -0.1) is 0 Å². The fourth-order valence-corrected chi connectivity index (χ4v) is 1.79. The molecule has 0 saturated carbocycles. The van der Waals surface area contributed by atoms with Gasteiger partial charge in [0.2, 0.25) is 0 Å². The molecule has 1 N–H and O–H groups in total. The van der Waals surface area contributed by atoms with Gasteiger partial charge in [0.05, 0.1) is 12.7 Å². The molecule has 1 aromatic rings. The maximum Gasteiger partial charge on any atom is 0.257 e. The van der Waals surface area contributed by atoms with E-state index in [4.69, 9.17) is 21.1 Å². The number of ether oxygens (including phenoxy) is 2. The molecular weight excluding hydrogens is 282 g/mol. The Hall–Kier alpha value is -1.75. The molecule has 110 valence electrons. The zero-order valence-corrected chi connectivity index (χ0v) is 12.3. The van der Waals surface area contributed by atoms with Crippen molar-refractivity contribution in [1.82, 2.24) is 5.32 Å². The summed E-state index contributed by atoms with van der Waals surface area (Å²) in [4.78, 5) is 22.6. The van der Waals surface area contributed by atoms with Gasteiger partial charge < -0.3 is 14.8 Å². The van der Waals surface area contributed by atoms with Crippen LogP contribution in [0.25, 0.3) is 0 Å². The number of carbonyl (C=O) groups excluding carboxylic acids is 2. The van der Waals surface area contributed by atoms with E-state index in [0.717, 1.165) is 12.8 Å². The Kier molecular flexibility index (Phi) is 6.87. The Bertz CT molecular complexity index is 476. The highest BCUT2D eigenvalue weighted by atomic mass is 35.5. The molecule has 0 bridgehead atoms. The van der Waals surface area contributed by atoms with Crippen LogP contribution in [0.1, 0.15) is 30.1 Å². The van der Waals surface area contributed by atoms with E-state index in [0.29, 0.717) is 23.6 Å². The van der Waals surface area contributed by atoms with Gasteiger partial charge in [0.25, 0.3) is 5.91 Å². The van der Waals surface area contributed by atoms with Gasteiger partial charge >= 0.3 is 0 Å². The second-order valence-corrected chi connectivity index (χ2v) is 4.57. The van der Waals surface area contributed by atoms with Gasteiger partial charge in [0.15, 0.2) is 24.4 Å². The summed E-state index contributed by atoms with van der Waals surface area (Å²) in [6, 6.07) is 2.99. The van der Waals surface area contributed by atoms with Gasteiger partial charge in [-0.05, 0) is 12.5 Å². The molecule has 20 heavy (non-hydrogen) atoms. The molecule has 0 aliphatic rings. The van der Waals surface area contributed by atoms with Gasteiger partial charge in [-0.3, -0.25) is 9.59 Å². The van der Waals surface area contributed by atoms with Crippen LogP contribution >= 0.6 is 11.6 Å². The summed E-state index contributed by atoms with van der Waals surface area (Å²) in [5, 5.41) is 3.09. The molecule has 0 unspecified atom stereocenters. The van der Waals surface area contributed by atoms with Crippen molar-refractivity contribution in [2.24, 2.45) is 0 Å². The Morgan fingerprint density at radius 3 is 2.80 bits per heavy atom. The first-order valence-corrected chi connectivity index (χ1v) is 6.72. The van der Waals surface area contributed by atoms with Crippen molar-refractivity contribution in [2.45, 2.75) is 19.8 Å². The number of carbonyl (C=O) groups is 2. The molecule has 0 spiro atoms. The SMILES string of the molecule is CCCCNC(=O)COc1c(C=O)cc(Cl)cc1OC. The Balaban J connectivity index is 2.71. The Morgan fingerprint density at radius 2 is 2.20 bits per heavy atom. The molecule has 0 heterocycles. The molecule has 0 aromatic heterocycles. The Labute approximate surface area is 123 Å². The molecule has 0 saturated heterocycles. The fourth-order valence-electron chi connectivity index (χ4n) is 1.58. The molecule has 5 nitrogen and oxygen atoms in total. The van der Waals surface area contributed by atoms with E-state index >= 15 is 0 Å². The van der Waals surface area contributed by atoms with Crippen molar-refractivity contribution in [2.75, 3.05) is 20.3 Å². The fraction of sp³-hybridized carbons (Fsp3) is 0.429. The normalized spacial score (nSPS) is 9.95. The molecule has 0 atom stereocenters. The maximum atomic E-state index is 11.6. The number of benzene rings is 1. The van der Waals surface area contributed by atoms with Gasteiger partial charge in [-0.2, -0.15) is 0 Å². The minimum Gasteiger partial charge on any atom is -0.493 e. The van der Waals surface area contributed by atoms with Crippen LogP contribution in [-0.4, -0.2) is 32.5 Å². The maximum absolute atomic E-state index is 11.6. The van der Waals surface area contributed by atoms with E-state index in [1.807, 2.05) is 6.92 Å². The molecule has 1 amide bonds. The highest BCUT2D eigenvalue weighted by Crippen LogP contribution is 2.33. The minimum absolute atomic E-state index is 0.178. The summed E-state index contributed by atoms with van der Waals surface area (Å²) < 4.78 is 10.5. The van der Waals surface area contributed by atoms with E-state index < -0.39 is 0 Å².